The Morgan fingerprint density at radius 1 is 1.00 bits per heavy atom. The zero-order valence-corrected chi connectivity index (χ0v) is 16.6. The van der Waals surface area contributed by atoms with E-state index in [4.69, 9.17) is 11.6 Å². The maximum absolute atomic E-state index is 12.5. The molecular formula is C20H30ClN3O2+2. The molecule has 0 saturated carbocycles. The number of piperazine rings is 1. The molecule has 0 spiro atoms. The molecule has 2 saturated heterocycles. The second-order valence-corrected chi connectivity index (χ2v) is 8.63. The van der Waals surface area contributed by atoms with E-state index in [1.165, 1.54) is 15.4 Å². The molecule has 2 amide bonds. The molecule has 1 aromatic carbocycles. The van der Waals surface area contributed by atoms with Gasteiger partial charge in [0.05, 0.1) is 0 Å². The van der Waals surface area contributed by atoms with Crippen LogP contribution in [-0.2, 0) is 16.1 Å². The number of nitrogens with one attached hydrogen (secondary N) is 2. The van der Waals surface area contributed by atoms with E-state index in [9.17, 15) is 9.59 Å². The number of carbonyl (C=O) groups excluding carboxylic acids is 2. The second-order valence-electron chi connectivity index (χ2n) is 8.19. The molecule has 3 rings (SSSR count). The van der Waals surface area contributed by atoms with E-state index in [-0.39, 0.29) is 17.2 Å². The lowest BCUT2D eigenvalue weighted by atomic mass is 9.77. The highest BCUT2D eigenvalue weighted by atomic mass is 35.5. The van der Waals surface area contributed by atoms with Crippen LogP contribution in [0.5, 0.6) is 0 Å². The summed E-state index contributed by atoms with van der Waals surface area (Å²) in [5.74, 6) is 0.0167. The largest absolute Gasteiger partial charge is 0.322 e. The fourth-order valence-corrected chi connectivity index (χ4v) is 4.08. The molecule has 0 radical (unpaired) electrons. The maximum Gasteiger partial charge on any atom is 0.234 e. The number of benzene rings is 1. The summed E-state index contributed by atoms with van der Waals surface area (Å²) >= 11 is 5.95. The predicted molar refractivity (Wildman–Crippen MR) is 101 cm³/mol. The van der Waals surface area contributed by atoms with Crippen molar-refractivity contribution in [1.29, 1.82) is 0 Å². The predicted octanol–water partition coefficient (Wildman–Crippen LogP) is 0.146. The Balaban J connectivity index is 1.49. The van der Waals surface area contributed by atoms with Crippen LogP contribution >= 0.6 is 11.6 Å². The Labute approximate surface area is 160 Å². The monoisotopic (exact) mass is 379 g/mol. The van der Waals surface area contributed by atoms with E-state index in [0.717, 1.165) is 44.2 Å². The van der Waals surface area contributed by atoms with Crippen molar-refractivity contribution in [3.63, 3.8) is 0 Å². The number of quaternary nitrogens is 2. The van der Waals surface area contributed by atoms with Gasteiger partial charge in [0.2, 0.25) is 11.8 Å². The fraction of sp³-hybridized carbons (Fsp3) is 0.600. The highest BCUT2D eigenvalue weighted by molar-refractivity contribution is 6.30. The lowest BCUT2D eigenvalue weighted by Crippen LogP contribution is -3.28. The van der Waals surface area contributed by atoms with Crippen molar-refractivity contribution in [2.75, 3.05) is 32.8 Å². The van der Waals surface area contributed by atoms with Gasteiger partial charge in [-0.3, -0.25) is 9.59 Å². The van der Waals surface area contributed by atoms with Crippen LogP contribution in [0, 0.1) is 5.41 Å². The molecule has 5 nitrogen and oxygen atoms in total. The Bertz CT molecular complexity index is 636. The van der Waals surface area contributed by atoms with Gasteiger partial charge in [-0.2, -0.15) is 0 Å². The number of hydrogen-bond donors (Lipinski definition) is 2. The smallest absolute Gasteiger partial charge is 0.234 e. The van der Waals surface area contributed by atoms with E-state index >= 15 is 0 Å². The number of halogens is 1. The summed E-state index contributed by atoms with van der Waals surface area (Å²) in [6.07, 6.45) is 1.87. The molecule has 2 aliphatic rings. The van der Waals surface area contributed by atoms with Gasteiger partial charge >= 0.3 is 0 Å². The minimum atomic E-state index is -0.151. The third kappa shape index (κ3) is 4.64. The van der Waals surface area contributed by atoms with Gasteiger partial charge in [-0.25, -0.2) is 4.90 Å². The first-order valence-electron chi connectivity index (χ1n) is 9.63. The number of rotatable bonds is 5. The number of imide groups is 1. The third-order valence-corrected chi connectivity index (χ3v) is 6.28. The van der Waals surface area contributed by atoms with Crippen LogP contribution in [-0.4, -0.2) is 49.6 Å². The first-order chi connectivity index (χ1) is 12.4. The highest BCUT2D eigenvalue weighted by Crippen LogP contribution is 2.34. The van der Waals surface area contributed by atoms with Crippen LogP contribution in [0.3, 0.4) is 0 Å². The molecule has 0 atom stereocenters. The standard InChI is InChI=1S/C20H28ClN3O2/c1-3-20(2)12-18(25)24(19(26)13-20)15-23-10-8-22(9-11-23)14-16-4-6-17(21)7-5-16/h4-7H,3,8-15H2,1-2H3/p+2. The van der Waals surface area contributed by atoms with Crippen molar-refractivity contribution in [2.45, 2.75) is 39.7 Å². The topological polar surface area (TPSA) is 46.3 Å². The minimum Gasteiger partial charge on any atom is -0.322 e. The van der Waals surface area contributed by atoms with Crippen LogP contribution in [0.1, 0.15) is 38.7 Å². The summed E-state index contributed by atoms with van der Waals surface area (Å²) in [4.78, 5) is 29.3. The van der Waals surface area contributed by atoms with Crippen molar-refractivity contribution in [3.8, 4) is 0 Å². The molecule has 2 aliphatic heterocycles. The highest BCUT2D eigenvalue weighted by Gasteiger charge is 2.41. The SMILES string of the molecule is CCC1(C)CC(=O)N(C[NH+]2CC[NH+](Cc3ccc(Cl)cc3)CC2)C(=O)C1. The number of amides is 2. The number of carbonyl (C=O) groups is 2. The first kappa shape index (κ1) is 19.3. The quantitative estimate of drug-likeness (QED) is 0.715. The average molecular weight is 380 g/mol. The summed E-state index contributed by atoms with van der Waals surface area (Å²) in [5, 5.41) is 0.771. The van der Waals surface area contributed by atoms with Crippen molar-refractivity contribution < 1.29 is 19.4 Å². The molecule has 0 aromatic heterocycles. The molecule has 0 aliphatic carbocycles. The molecule has 0 unspecified atom stereocenters. The zero-order chi connectivity index (χ0) is 18.7. The van der Waals surface area contributed by atoms with Crippen LogP contribution in [0.4, 0.5) is 0 Å². The maximum atomic E-state index is 12.5. The van der Waals surface area contributed by atoms with E-state index in [1.807, 2.05) is 19.1 Å². The number of piperidine rings is 1. The first-order valence-corrected chi connectivity index (χ1v) is 10.0. The third-order valence-electron chi connectivity index (χ3n) is 6.02. The molecule has 142 valence electrons. The number of hydrogen-bond acceptors (Lipinski definition) is 2. The molecule has 2 heterocycles. The van der Waals surface area contributed by atoms with E-state index in [2.05, 4.69) is 19.1 Å². The van der Waals surface area contributed by atoms with Gasteiger partial charge in [0.1, 0.15) is 32.7 Å². The van der Waals surface area contributed by atoms with Gasteiger partial charge in [-0.1, -0.05) is 37.6 Å². The van der Waals surface area contributed by atoms with Crippen molar-refractivity contribution in [2.24, 2.45) is 5.41 Å². The average Bonchev–Trinajstić information content (AvgIpc) is 2.61. The summed E-state index contributed by atoms with van der Waals surface area (Å²) in [5.41, 5.74) is 1.15. The van der Waals surface area contributed by atoms with Gasteiger partial charge in [0, 0.05) is 23.4 Å². The van der Waals surface area contributed by atoms with E-state index in [0.29, 0.717) is 19.5 Å². The second kappa shape index (κ2) is 8.07. The van der Waals surface area contributed by atoms with Gasteiger partial charge in [-0.05, 0) is 24.0 Å². The van der Waals surface area contributed by atoms with Gasteiger partial charge in [-0.15, -0.1) is 0 Å². The van der Waals surface area contributed by atoms with Gasteiger partial charge in [0.15, 0.2) is 6.67 Å². The Hall–Kier alpha value is -1.43. The molecule has 1 aromatic rings. The van der Waals surface area contributed by atoms with Crippen molar-refractivity contribution in [1.82, 2.24) is 4.90 Å². The Kier molecular flexibility index (Phi) is 6.00. The molecule has 6 heteroatoms. The van der Waals surface area contributed by atoms with Gasteiger partial charge < -0.3 is 9.80 Å². The summed E-state index contributed by atoms with van der Waals surface area (Å²) in [7, 11) is 0. The molecule has 26 heavy (non-hydrogen) atoms. The van der Waals surface area contributed by atoms with Crippen LogP contribution < -0.4 is 9.80 Å². The number of nitrogens with zero attached hydrogens (tertiary/aromatic N) is 1. The molecule has 2 N–H and O–H groups in total. The fourth-order valence-electron chi connectivity index (χ4n) is 3.96. The van der Waals surface area contributed by atoms with Crippen LogP contribution in [0.15, 0.2) is 24.3 Å². The van der Waals surface area contributed by atoms with Gasteiger partial charge in [0.25, 0.3) is 0 Å². The Morgan fingerprint density at radius 3 is 2.08 bits per heavy atom. The van der Waals surface area contributed by atoms with E-state index < -0.39 is 0 Å². The summed E-state index contributed by atoms with van der Waals surface area (Å²) in [6, 6.07) is 8.06. The minimum absolute atomic E-state index is 0.00837. The van der Waals surface area contributed by atoms with Crippen molar-refractivity contribution >= 4 is 23.4 Å². The summed E-state index contributed by atoms with van der Waals surface area (Å²) < 4.78 is 0. The zero-order valence-electron chi connectivity index (χ0n) is 15.8. The molecule has 0 bridgehead atoms. The normalized spacial score (nSPS) is 26.2. The van der Waals surface area contributed by atoms with Crippen LogP contribution in [0.25, 0.3) is 0 Å². The van der Waals surface area contributed by atoms with Crippen LogP contribution in [0.2, 0.25) is 5.02 Å². The lowest BCUT2D eigenvalue weighted by Gasteiger charge is -2.38. The lowest BCUT2D eigenvalue weighted by molar-refractivity contribution is -1.02. The number of likely N-dealkylation sites (tertiary alicyclic amines) is 1. The Morgan fingerprint density at radius 2 is 1.54 bits per heavy atom. The summed E-state index contributed by atoms with van der Waals surface area (Å²) in [6.45, 7) is 9.74. The van der Waals surface area contributed by atoms with Crippen molar-refractivity contribution in [3.05, 3.63) is 34.9 Å². The molecule has 2 fully saturated rings. The van der Waals surface area contributed by atoms with E-state index in [1.54, 1.807) is 4.90 Å². The molecular weight excluding hydrogens is 350 g/mol.